The third-order valence-corrected chi connectivity index (χ3v) is 4.36. The number of halogens is 2. The van der Waals surface area contributed by atoms with Gasteiger partial charge in [0.05, 0.1) is 18.2 Å². The second-order valence-electron chi connectivity index (χ2n) is 5.74. The molecule has 1 heterocycles. The Morgan fingerprint density at radius 3 is 2.69 bits per heavy atom. The molecule has 5 nitrogen and oxygen atoms in total. The van der Waals surface area contributed by atoms with E-state index in [4.69, 9.17) is 16.3 Å². The van der Waals surface area contributed by atoms with E-state index in [-0.39, 0.29) is 18.0 Å². The van der Waals surface area contributed by atoms with Crippen LogP contribution in [-0.2, 0) is 4.79 Å². The summed E-state index contributed by atoms with van der Waals surface area (Å²) in [5.74, 6) is -0.0452. The molecule has 1 atom stereocenters. The van der Waals surface area contributed by atoms with Gasteiger partial charge in [-0.25, -0.2) is 9.18 Å². The van der Waals surface area contributed by atoms with Gasteiger partial charge in [0.15, 0.2) is 5.78 Å². The first-order valence-corrected chi connectivity index (χ1v) is 8.25. The summed E-state index contributed by atoms with van der Waals surface area (Å²) in [6, 6.07) is 9.67. The average Bonchev–Trinajstić information content (AvgIpc) is 2.63. The van der Waals surface area contributed by atoms with Crippen molar-refractivity contribution in [3.05, 3.63) is 71.1 Å². The van der Waals surface area contributed by atoms with Crippen LogP contribution < -0.4 is 10.1 Å². The highest BCUT2D eigenvalue weighted by Crippen LogP contribution is 2.31. The lowest BCUT2D eigenvalue weighted by Crippen LogP contribution is -2.37. The number of nitrogens with one attached hydrogen (secondary N) is 1. The average molecular weight is 375 g/mol. The van der Waals surface area contributed by atoms with Crippen LogP contribution in [0.15, 0.2) is 54.7 Å². The van der Waals surface area contributed by atoms with Gasteiger partial charge in [-0.3, -0.25) is 9.69 Å². The second-order valence-corrected chi connectivity index (χ2v) is 6.15. The van der Waals surface area contributed by atoms with Crippen LogP contribution in [0, 0.1) is 5.82 Å². The van der Waals surface area contributed by atoms with E-state index in [1.165, 1.54) is 36.4 Å². The van der Waals surface area contributed by atoms with E-state index in [1.807, 2.05) is 0 Å². The number of hydrogen-bond acceptors (Lipinski definition) is 3. The molecule has 0 radical (unpaired) electrons. The predicted octanol–water partition coefficient (Wildman–Crippen LogP) is 4.55. The first kappa shape index (κ1) is 17.9. The summed E-state index contributed by atoms with van der Waals surface area (Å²) >= 11 is 5.99. The van der Waals surface area contributed by atoms with Crippen LogP contribution in [0.5, 0.6) is 5.75 Å². The number of hydrogen-bond donors (Lipinski definition) is 1. The number of ketones is 1. The van der Waals surface area contributed by atoms with E-state index in [0.29, 0.717) is 22.0 Å². The van der Waals surface area contributed by atoms with Gasteiger partial charge in [-0.15, -0.1) is 0 Å². The highest BCUT2D eigenvalue weighted by atomic mass is 35.5. The van der Waals surface area contributed by atoms with Gasteiger partial charge in [-0.2, -0.15) is 0 Å². The number of rotatable bonds is 3. The Balaban J connectivity index is 1.84. The molecule has 7 heteroatoms. The van der Waals surface area contributed by atoms with Gasteiger partial charge in [0, 0.05) is 24.4 Å². The third-order valence-electron chi connectivity index (χ3n) is 4.04. The number of urea groups is 1. The third kappa shape index (κ3) is 3.86. The fraction of sp³-hybridized carbons (Fsp3) is 0.158. The molecule has 0 saturated carbocycles. The number of amides is 2. The fourth-order valence-electron chi connectivity index (χ4n) is 2.72. The molecule has 1 N–H and O–H groups in total. The maximum atomic E-state index is 13.2. The van der Waals surface area contributed by atoms with Crippen LogP contribution in [0.1, 0.15) is 18.0 Å². The first-order valence-electron chi connectivity index (χ1n) is 7.87. The molecule has 1 aliphatic rings. The fourth-order valence-corrected chi connectivity index (χ4v) is 2.92. The SMILES string of the molecule is COc1cc(NC(=O)N2C=CC(=O)CC2c2ccc(F)cc2)ccc1Cl. The molecule has 0 spiro atoms. The lowest BCUT2D eigenvalue weighted by Gasteiger charge is -2.31. The second kappa shape index (κ2) is 7.58. The van der Waals surface area contributed by atoms with Gasteiger partial charge >= 0.3 is 6.03 Å². The van der Waals surface area contributed by atoms with E-state index in [9.17, 15) is 14.0 Å². The summed E-state index contributed by atoms with van der Waals surface area (Å²) in [5.41, 5.74) is 1.17. The van der Waals surface area contributed by atoms with Crippen molar-refractivity contribution < 1.29 is 18.7 Å². The van der Waals surface area contributed by atoms with Crippen LogP contribution in [0.2, 0.25) is 5.02 Å². The quantitative estimate of drug-likeness (QED) is 0.857. The summed E-state index contributed by atoms with van der Waals surface area (Å²) in [6.07, 6.45) is 2.91. The molecule has 0 aliphatic carbocycles. The zero-order chi connectivity index (χ0) is 18.7. The zero-order valence-corrected chi connectivity index (χ0v) is 14.7. The van der Waals surface area contributed by atoms with Crippen LogP contribution >= 0.6 is 11.6 Å². The molecule has 0 bridgehead atoms. The summed E-state index contributed by atoms with van der Waals surface area (Å²) in [7, 11) is 1.48. The summed E-state index contributed by atoms with van der Waals surface area (Å²) in [4.78, 5) is 25.9. The number of carbonyl (C=O) groups is 2. The Bertz CT molecular complexity index is 868. The molecule has 134 valence electrons. The van der Waals surface area contributed by atoms with E-state index in [1.54, 1.807) is 30.3 Å². The van der Waals surface area contributed by atoms with Gasteiger partial charge in [0.2, 0.25) is 0 Å². The summed E-state index contributed by atoms with van der Waals surface area (Å²) < 4.78 is 18.3. The maximum Gasteiger partial charge on any atom is 0.326 e. The number of anilines is 1. The number of methoxy groups -OCH3 is 1. The molecule has 0 fully saturated rings. The minimum absolute atomic E-state index is 0.100. The normalized spacial score (nSPS) is 16.5. The minimum atomic E-state index is -0.512. The lowest BCUT2D eigenvalue weighted by atomic mass is 9.97. The van der Waals surface area contributed by atoms with E-state index < -0.39 is 12.1 Å². The highest BCUT2D eigenvalue weighted by Gasteiger charge is 2.28. The van der Waals surface area contributed by atoms with Gasteiger partial charge < -0.3 is 10.1 Å². The predicted molar refractivity (Wildman–Crippen MR) is 96.8 cm³/mol. The van der Waals surface area contributed by atoms with Crippen molar-refractivity contribution in [1.82, 2.24) is 4.90 Å². The maximum absolute atomic E-state index is 13.2. The molecule has 2 amide bonds. The van der Waals surface area contributed by atoms with E-state index >= 15 is 0 Å². The van der Waals surface area contributed by atoms with Crippen molar-refractivity contribution in [2.45, 2.75) is 12.5 Å². The van der Waals surface area contributed by atoms with Crippen LogP contribution in [0.3, 0.4) is 0 Å². The van der Waals surface area contributed by atoms with Crippen molar-refractivity contribution in [2.75, 3.05) is 12.4 Å². The first-order chi connectivity index (χ1) is 12.5. The Hall–Kier alpha value is -2.86. The van der Waals surface area contributed by atoms with Gasteiger partial charge in [0.1, 0.15) is 11.6 Å². The Kier molecular flexibility index (Phi) is 5.23. The Morgan fingerprint density at radius 1 is 1.27 bits per heavy atom. The number of ether oxygens (including phenoxy) is 1. The van der Waals surface area contributed by atoms with E-state index in [0.717, 1.165) is 0 Å². The topological polar surface area (TPSA) is 58.6 Å². The Morgan fingerprint density at radius 2 is 2.00 bits per heavy atom. The summed E-state index contributed by atoms with van der Waals surface area (Å²) in [5, 5.41) is 3.18. The van der Waals surface area contributed by atoms with Crippen molar-refractivity contribution in [3.8, 4) is 5.75 Å². The van der Waals surface area contributed by atoms with Crippen LogP contribution in [0.4, 0.5) is 14.9 Å². The number of benzene rings is 2. The Labute approximate surface area is 155 Å². The minimum Gasteiger partial charge on any atom is -0.495 e. The molecule has 3 rings (SSSR count). The largest absolute Gasteiger partial charge is 0.495 e. The van der Waals surface area contributed by atoms with Gasteiger partial charge in [-0.05, 0) is 35.9 Å². The van der Waals surface area contributed by atoms with Crippen molar-refractivity contribution in [3.63, 3.8) is 0 Å². The van der Waals surface area contributed by atoms with Gasteiger partial charge in [-0.1, -0.05) is 23.7 Å². The van der Waals surface area contributed by atoms with Crippen LogP contribution in [-0.4, -0.2) is 23.8 Å². The van der Waals surface area contributed by atoms with Crippen molar-refractivity contribution >= 4 is 29.1 Å². The molecule has 2 aromatic rings. The zero-order valence-electron chi connectivity index (χ0n) is 13.9. The summed E-state index contributed by atoms with van der Waals surface area (Å²) in [6.45, 7) is 0. The molecule has 1 aliphatic heterocycles. The monoisotopic (exact) mass is 374 g/mol. The smallest absolute Gasteiger partial charge is 0.326 e. The standard InChI is InChI=1S/C19H16ClFN2O3/c1-26-18-10-14(6-7-16(18)20)22-19(25)23-9-8-15(24)11-17(23)12-2-4-13(21)5-3-12/h2-10,17H,11H2,1H3,(H,22,25). The number of allylic oxidation sites excluding steroid dienone is 1. The highest BCUT2D eigenvalue weighted by molar-refractivity contribution is 6.32. The molecule has 26 heavy (non-hydrogen) atoms. The number of carbonyl (C=O) groups excluding carboxylic acids is 2. The van der Waals surface area contributed by atoms with Crippen LogP contribution in [0.25, 0.3) is 0 Å². The van der Waals surface area contributed by atoms with E-state index in [2.05, 4.69) is 5.32 Å². The van der Waals surface area contributed by atoms with Crippen molar-refractivity contribution in [1.29, 1.82) is 0 Å². The molecular formula is C19H16ClFN2O3. The molecule has 0 aromatic heterocycles. The molecule has 0 saturated heterocycles. The molecule has 2 aromatic carbocycles. The molecular weight excluding hydrogens is 359 g/mol. The lowest BCUT2D eigenvalue weighted by molar-refractivity contribution is -0.116. The molecule has 1 unspecified atom stereocenters. The number of nitrogens with zero attached hydrogens (tertiary/aromatic N) is 1. The van der Waals surface area contributed by atoms with Gasteiger partial charge in [0.25, 0.3) is 0 Å². The van der Waals surface area contributed by atoms with Crippen molar-refractivity contribution in [2.24, 2.45) is 0 Å².